The van der Waals surface area contributed by atoms with Crippen LogP contribution >= 0.6 is 0 Å². The molecule has 0 amide bonds. The van der Waals surface area contributed by atoms with E-state index >= 15 is 0 Å². The zero-order valence-electron chi connectivity index (χ0n) is 11.1. The van der Waals surface area contributed by atoms with E-state index in [-0.39, 0.29) is 5.92 Å². The molecule has 4 rings (SSSR count). The molecule has 20 heavy (non-hydrogen) atoms. The summed E-state index contributed by atoms with van der Waals surface area (Å²) in [5, 5.41) is 9.05. The fraction of sp³-hybridized carbons (Fsp3) is 0.643. The Morgan fingerprint density at radius 3 is 2.80 bits per heavy atom. The zero-order valence-corrected chi connectivity index (χ0v) is 11.1. The van der Waals surface area contributed by atoms with Crippen molar-refractivity contribution in [1.82, 2.24) is 9.97 Å². The molecule has 4 atom stereocenters. The highest BCUT2D eigenvalue weighted by atomic mass is 16.5. The highest BCUT2D eigenvalue weighted by Crippen LogP contribution is 2.52. The predicted molar refractivity (Wildman–Crippen MR) is 70.5 cm³/mol. The van der Waals surface area contributed by atoms with Gasteiger partial charge in [0.2, 0.25) is 0 Å². The van der Waals surface area contributed by atoms with Crippen molar-refractivity contribution in [3.63, 3.8) is 0 Å². The second kappa shape index (κ2) is 4.41. The van der Waals surface area contributed by atoms with Crippen molar-refractivity contribution < 1.29 is 14.6 Å². The molecule has 1 aliphatic carbocycles. The van der Waals surface area contributed by atoms with Crippen LogP contribution in [0.25, 0.3) is 0 Å². The Hall–Kier alpha value is -1.69. The summed E-state index contributed by atoms with van der Waals surface area (Å²) in [6.45, 7) is 3.15. The van der Waals surface area contributed by atoms with Gasteiger partial charge >= 0.3 is 5.97 Å². The summed E-state index contributed by atoms with van der Waals surface area (Å²) in [5.41, 5.74) is 1.04. The van der Waals surface area contributed by atoms with Crippen LogP contribution in [0.5, 0.6) is 0 Å². The van der Waals surface area contributed by atoms with Gasteiger partial charge in [-0.1, -0.05) is 0 Å². The molecule has 0 aromatic carbocycles. The molecule has 1 saturated carbocycles. The molecule has 0 bridgehead atoms. The average molecular weight is 275 g/mol. The van der Waals surface area contributed by atoms with Gasteiger partial charge in [0.15, 0.2) is 0 Å². The van der Waals surface area contributed by atoms with Crippen molar-refractivity contribution in [3.8, 4) is 0 Å². The second-order valence-electron chi connectivity index (χ2n) is 5.96. The maximum atomic E-state index is 11.0. The van der Waals surface area contributed by atoms with Crippen LogP contribution in [-0.4, -0.2) is 47.3 Å². The van der Waals surface area contributed by atoms with E-state index < -0.39 is 5.97 Å². The van der Waals surface area contributed by atoms with Gasteiger partial charge in [-0.2, -0.15) is 0 Å². The predicted octanol–water partition coefficient (Wildman–Crippen LogP) is 0.747. The molecule has 106 valence electrons. The topological polar surface area (TPSA) is 75.5 Å². The van der Waals surface area contributed by atoms with Gasteiger partial charge in [0.05, 0.1) is 18.2 Å². The molecule has 3 heterocycles. The smallest absolute Gasteiger partial charge is 0.307 e. The molecule has 1 aromatic rings. The third-order valence-corrected chi connectivity index (χ3v) is 4.82. The minimum Gasteiger partial charge on any atom is -0.481 e. The van der Waals surface area contributed by atoms with E-state index in [9.17, 15) is 4.79 Å². The van der Waals surface area contributed by atoms with Gasteiger partial charge in [-0.05, 0) is 18.3 Å². The minimum atomic E-state index is -0.647. The number of carboxylic acids is 1. The largest absolute Gasteiger partial charge is 0.481 e. The first-order chi connectivity index (χ1) is 9.74. The molecule has 2 aliphatic heterocycles. The summed E-state index contributed by atoms with van der Waals surface area (Å²) in [4.78, 5) is 21.9. The Balaban J connectivity index is 1.48. The molecule has 1 N–H and O–H groups in total. The maximum absolute atomic E-state index is 11.0. The van der Waals surface area contributed by atoms with E-state index in [2.05, 4.69) is 14.9 Å². The lowest BCUT2D eigenvalue weighted by molar-refractivity contribution is -0.139. The van der Waals surface area contributed by atoms with Gasteiger partial charge in [-0.3, -0.25) is 4.79 Å². The van der Waals surface area contributed by atoms with Crippen molar-refractivity contribution in [2.45, 2.75) is 12.3 Å². The first-order valence-corrected chi connectivity index (χ1v) is 7.11. The van der Waals surface area contributed by atoms with E-state index in [1.54, 1.807) is 6.33 Å². The number of nitrogens with zero attached hydrogens (tertiary/aromatic N) is 3. The Morgan fingerprint density at radius 1 is 1.35 bits per heavy atom. The number of hydrogen-bond donors (Lipinski definition) is 1. The zero-order chi connectivity index (χ0) is 13.7. The molecule has 2 unspecified atom stereocenters. The monoisotopic (exact) mass is 275 g/mol. The summed E-state index contributed by atoms with van der Waals surface area (Å²) in [6, 6.07) is 2.04. The van der Waals surface area contributed by atoms with E-state index in [1.807, 2.05) is 6.07 Å². The molecule has 1 aromatic heterocycles. The quantitative estimate of drug-likeness (QED) is 0.877. The molecule has 3 aliphatic rings. The first-order valence-electron chi connectivity index (χ1n) is 7.11. The minimum absolute atomic E-state index is 0.129. The number of aromatic nitrogens is 2. The molecular formula is C14H17N3O3. The van der Waals surface area contributed by atoms with E-state index in [0.29, 0.717) is 17.8 Å². The van der Waals surface area contributed by atoms with E-state index in [4.69, 9.17) is 9.84 Å². The molecule has 6 heteroatoms. The number of carbonyl (C=O) groups is 1. The number of piperidine rings is 1. The van der Waals surface area contributed by atoms with Crippen LogP contribution < -0.4 is 4.90 Å². The number of carboxylic acid groups (broad SMARTS) is 1. The number of rotatable bonds is 3. The van der Waals surface area contributed by atoms with Crippen LogP contribution in [0.4, 0.5) is 5.82 Å². The Bertz CT molecular complexity index is 532. The average Bonchev–Trinajstić information content (AvgIpc) is 2.90. The molecule has 6 nitrogen and oxygen atoms in total. The number of ether oxygens (including phenoxy) is 1. The van der Waals surface area contributed by atoms with Gasteiger partial charge in [0.25, 0.3) is 0 Å². The maximum Gasteiger partial charge on any atom is 0.307 e. The number of anilines is 1. The summed E-state index contributed by atoms with van der Waals surface area (Å²) >= 11 is 0. The Kier molecular flexibility index (Phi) is 2.66. The fourth-order valence-corrected chi connectivity index (χ4v) is 3.61. The lowest BCUT2D eigenvalue weighted by Gasteiger charge is -2.21. The van der Waals surface area contributed by atoms with Gasteiger partial charge in [-0.25, -0.2) is 9.97 Å². The van der Waals surface area contributed by atoms with Crippen molar-refractivity contribution in [2.24, 2.45) is 17.8 Å². The number of fused-ring (bicyclic) bond motifs is 1. The standard InChI is InChI=1S/C14H17N3O3/c18-14(19)13-9-4-17(5-10(9)13)12-3-11(15-7-16-12)8-1-2-20-6-8/h3,7-10,13H,1-2,4-6H2,(H,18,19)/t8?,9-,10+,13?. The Labute approximate surface area is 116 Å². The highest BCUT2D eigenvalue weighted by Gasteiger charge is 2.60. The van der Waals surface area contributed by atoms with Crippen molar-refractivity contribution >= 4 is 11.8 Å². The van der Waals surface area contributed by atoms with Gasteiger partial charge < -0.3 is 14.7 Å². The molecule has 2 saturated heterocycles. The molecule has 0 spiro atoms. The lowest BCUT2D eigenvalue weighted by Crippen LogP contribution is -2.27. The van der Waals surface area contributed by atoms with Crippen LogP contribution in [0.3, 0.4) is 0 Å². The third kappa shape index (κ3) is 1.86. The van der Waals surface area contributed by atoms with Gasteiger partial charge in [0.1, 0.15) is 12.1 Å². The first kappa shape index (κ1) is 12.1. The third-order valence-electron chi connectivity index (χ3n) is 4.82. The van der Waals surface area contributed by atoms with Gasteiger partial charge in [-0.15, -0.1) is 0 Å². The lowest BCUT2D eigenvalue weighted by atomic mass is 10.0. The summed E-state index contributed by atoms with van der Waals surface area (Å²) in [5.74, 6) is 1.14. The summed E-state index contributed by atoms with van der Waals surface area (Å²) in [6.07, 6.45) is 2.63. The van der Waals surface area contributed by atoms with Crippen LogP contribution in [0.15, 0.2) is 12.4 Å². The van der Waals surface area contributed by atoms with Crippen molar-refractivity contribution in [3.05, 3.63) is 18.1 Å². The van der Waals surface area contributed by atoms with Crippen LogP contribution in [-0.2, 0) is 9.53 Å². The van der Waals surface area contributed by atoms with Gasteiger partial charge in [0, 0.05) is 31.7 Å². The number of aliphatic carboxylic acids is 1. The molecular weight excluding hydrogens is 258 g/mol. The summed E-state index contributed by atoms with van der Waals surface area (Å²) < 4.78 is 5.40. The number of hydrogen-bond acceptors (Lipinski definition) is 5. The second-order valence-corrected chi connectivity index (χ2v) is 5.96. The van der Waals surface area contributed by atoms with Crippen LogP contribution in [0, 0.1) is 17.8 Å². The molecule has 3 fully saturated rings. The molecule has 0 radical (unpaired) electrons. The van der Waals surface area contributed by atoms with E-state index in [1.165, 1.54) is 0 Å². The summed E-state index contributed by atoms with van der Waals surface area (Å²) in [7, 11) is 0. The van der Waals surface area contributed by atoms with E-state index in [0.717, 1.165) is 44.2 Å². The SMILES string of the molecule is O=C(O)C1[C@H]2CN(c3cc(C4CCOC4)ncn3)C[C@@H]12. The van der Waals surface area contributed by atoms with Crippen LogP contribution in [0.2, 0.25) is 0 Å². The van der Waals surface area contributed by atoms with Crippen LogP contribution in [0.1, 0.15) is 18.0 Å². The van der Waals surface area contributed by atoms with Crippen molar-refractivity contribution in [1.29, 1.82) is 0 Å². The normalized spacial score (nSPS) is 35.1. The Morgan fingerprint density at radius 2 is 2.15 bits per heavy atom. The highest BCUT2D eigenvalue weighted by molar-refractivity contribution is 5.75. The fourth-order valence-electron chi connectivity index (χ4n) is 3.61. The van der Waals surface area contributed by atoms with Crippen molar-refractivity contribution in [2.75, 3.05) is 31.2 Å².